The van der Waals surface area contributed by atoms with E-state index in [9.17, 15) is 4.79 Å². The number of nitrogens with zero attached hydrogens (tertiary/aromatic N) is 3. The van der Waals surface area contributed by atoms with E-state index in [1.807, 2.05) is 30.3 Å². The van der Waals surface area contributed by atoms with Crippen LogP contribution >= 0.6 is 0 Å². The second kappa shape index (κ2) is 7.10. The molecule has 2 aromatic rings. The number of benzene rings is 1. The first-order valence-electron chi connectivity index (χ1n) is 6.01. The molecule has 0 spiro atoms. The number of aromatic amines is 1. The van der Waals surface area contributed by atoms with Crippen molar-refractivity contribution in [1.29, 1.82) is 0 Å². The van der Waals surface area contributed by atoms with Gasteiger partial charge in [0.05, 0.1) is 0 Å². The van der Waals surface area contributed by atoms with Crippen LogP contribution in [-0.2, 0) is 17.8 Å². The molecule has 2 rings (SSSR count). The van der Waals surface area contributed by atoms with Crippen LogP contribution in [0.4, 0.5) is 4.79 Å². The van der Waals surface area contributed by atoms with Gasteiger partial charge in [0.15, 0.2) is 5.82 Å². The minimum absolute atomic E-state index is 0.275. The molecule has 0 aliphatic carbocycles. The lowest BCUT2D eigenvalue weighted by atomic mass is 10.2. The fourth-order valence-electron chi connectivity index (χ4n) is 1.50. The second-order valence-corrected chi connectivity index (χ2v) is 3.92. The molecule has 7 nitrogen and oxygen atoms in total. The van der Waals surface area contributed by atoms with Gasteiger partial charge in [0, 0.05) is 13.0 Å². The number of ether oxygens (including phenoxy) is 1. The van der Waals surface area contributed by atoms with Crippen molar-refractivity contribution in [2.75, 3.05) is 6.54 Å². The van der Waals surface area contributed by atoms with Crippen LogP contribution in [0.25, 0.3) is 0 Å². The van der Waals surface area contributed by atoms with Gasteiger partial charge in [0.1, 0.15) is 6.61 Å². The standard InChI is InChI=1S/C12H15N5O2/c18-12(19-9-10-5-2-1-3-6-10)13-8-4-7-11-14-16-17-15-11/h1-3,5-6H,4,7-9H2,(H,13,18)(H,14,15,16,17). The summed E-state index contributed by atoms with van der Waals surface area (Å²) in [5.74, 6) is 0.638. The number of carbonyl (C=O) groups excluding carboxylic acids is 1. The minimum atomic E-state index is -0.419. The summed E-state index contributed by atoms with van der Waals surface area (Å²) >= 11 is 0. The van der Waals surface area contributed by atoms with Crippen molar-refractivity contribution in [3.8, 4) is 0 Å². The quantitative estimate of drug-likeness (QED) is 0.758. The molecule has 7 heteroatoms. The van der Waals surface area contributed by atoms with Crippen LogP contribution in [0.1, 0.15) is 17.8 Å². The van der Waals surface area contributed by atoms with Crippen LogP contribution in [0, 0.1) is 0 Å². The summed E-state index contributed by atoms with van der Waals surface area (Å²) in [6, 6.07) is 9.54. The zero-order chi connectivity index (χ0) is 13.3. The highest BCUT2D eigenvalue weighted by atomic mass is 16.5. The van der Waals surface area contributed by atoms with Gasteiger partial charge in [-0.1, -0.05) is 35.5 Å². The van der Waals surface area contributed by atoms with Crippen molar-refractivity contribution in [1.82, 2.24) is 25.9 Å². The van der Waals surface area contributed by atoms with Gasteiger partial charge < -0.3 is 10.1 Å². The summed E-state index contributed by atoms with van der Waals surface area (Å²) in [5.41, 5.74) is 0.962. The number of H-pyrrole nitrogens is 1. The lowest BCUT2D eigenvalue weighted by Gasteiger charge is -2.06. The van der Waals surface area contributed by atoms with E-state index < -0.39 is 6.09 Å². The van der Waals surface area contributed by atoms with E-state index in [1.54, 1.807) is 0 Å². The molecule has 1 aromatic heterocycles. The van der Waals surface area contributed by atoms with Crippen LogP contribution in [0.2, 0.25) is 0 Å². The highest BCUT2D eigenvalue weighted by Crippen LogP contribution is 2.00. The average Bonchev–Trinajstić information content (AvgIpc) is 2.96. The smallest absolute Gasteiger partial charge is 0.407 e. The van der Waals surface area contributed by atoms with Gasteiger partial charge in [0.2, 0.25) is 0 Å². The zero-order valence-electron chi connectivity index (χ0n) is 10.4. The Kier molecular flexibility index (Phi) is 4.86. The number of rotatable bonds is 6. The lowest BCUT2D eigenvalue weighted by molar-refractivity contribution is 0.139. The number of amides is 1. The molecule has 2 N–H and O–H groups in total. The summed E-state index contributed by atoms with van der Waals surface area (Å²) in [6.45, 7) is 0.791. The van der Waals surface area contributed by atoms with Crippen molar-refractivity contribution in [2.24, 2.45) is 0 Å². The van der Waals surface area contributed by atoms with Crippen molar-refractivity contribution in [3.05, 3.63) is 41.7 Å². The van der Waals surface area contributed by atoms with Crippen molar-refractivity contribution < 1.29 is 9.53 Å². The predicted molar refractivity (Wildman–Crippen MR) is 67.1 cm³/mol. The number of carbonyl (C=O) groups is 1. The van der Waals surface area contributed by atoms with E-state index in [0.29, 0.717) is 18.8 Å². The molecule has 0 aliphatic rings. The van der Waals surface area contributed by atoms with Gasteiger partial charge in [-0.2, -0.15) is 5.21 Å². The van der Waals surface area contributed by atoms with Gasteiger partial charge >= 0.3 is 6.09 Å². The molecule has 0 bridgehead atoms. The summed E-state index contributed by atoms with van der Waals surface area (Å²) in [6.07, 6.45) is 0.979. The number of hydrogen-bond acceptors (Lipinski definition) is 5. The monoisotopic (exact) mass is 261 g/mol. The van der Waals surface area contributed by atoms with E-state index in [4.69, 9.17) is 4.74 Å². The topological polar surface area (TPSA) is 92.8 Å². The molecule has 0 saturated heterocycles. The fraction of sp³-hybridized carbons (Fsp3) is 0.333. The Balaban J connectivity index is 1.57. The molecular weight excluding hydrogens is 246 g/mol. The van der Waals surface area contributed by atoms with Crippen molar-refractivity contribution in [3.63, 3.8) is 0 Å². The van der Waals surface area contributed by atoms with Crippen LogP contribution in [0.5, 0.6) is 0 Å². The zero-order valence-corrected chi connectivity index (χ0v) is 10.4. The summed E-state index contributed by atoms with van der Waals surface area (Å²) in [7, 11) is 0. The molecular formula is C12H15N5O2. The Morgan fingerprint density at radius 2 is 2.16 bits per heavy atom. The van der Waals surface area contributed by atoms with Gasteiger partial charge in [-0.15, -0.1) is 10.2 Å². The second-order valence-electron chi connectivity index (χ2n) is 3.92. The number of aryl methyl sites for hydroxylation is 1. The van der Waals surface area contributed by atoms with E-state index in [0.717, 1.165) is 12.0 Å². The molecule has 1 aromatic carbocycles. The van der Waals surface area contributed by atoms with E-state index >= 15 is 0 Å². The molecule has 1 amide bonds. The average molecular weight is 261 g/mol. The number of tetrazole rings is 1. The third kappa shape index (κ3) is 4.74. The molecule has 19 heavy (non-hydrogen) atoms. The molecule has 0 fully saturated rings. The van der Waals surface area contributed by atoms with Crippen LogP contribution in [0.3, 0.4) is 0 Å². The van der Waals surface area contributed by atoms with E-state index in [1.165, 1.54) is 0 Å². The first kappa shape index (κ1) is 13.0. The summed E-state index contributed by atoms with van der Waals surface area (Å²) in [5, 5.41) is 16.1. The number of nitrogens with one attached hydrogen (secondary N) is 2. The number of hydrogen-bond donors (Lipinski definition) is 2. The van der Waals surface area contributed by atoms with Gasteiger partial charge in [0.25, 0.3) is 0 Å². The third-order valence-electron chi connectivity index (χ3n) is 2.45. The van der Waals surface area contributed by atoms with Crippen molar-refractivity contribution in [2.45, 2.75) is 19.4 Å². The first-order valence-corrected chi connectivity index (χ1v) is 6.01. The van der Waals surface area contributed by atoms with Crippen LogP contribution in [0.15, 0.2) is 30.3 Å². The summed E-state index contributed by atoms with van der Waals surface area (Å²) < 4.78 is 5.07. The Labute approximate surface area is 110 Å². The molecule has 0 unspecified atom stereocenters. The van der Waals surface area contributed by atoms with Gasteiger partial charge in [-0.05, 0) is 12.0 Å². The van der Waals surface area contributed by atoms with E-state index in [-0.39, 0.29) is 6.61 Å². The molecule has 0 radical (unpaired) electrons. The van der Waals surface area contributed by atoms with Gasteiger partial charge in [-0.3, -0.25) is 0 Å². The first-order chi connectivity index (χ1) is 9.34. The van der Waals surface area contributed by atoms with Crippen LogP contribution < -0.4 is 5.32 Å². The normalized spacial score (nSPS) is 10.1. The fourth-order valence-corrected chi connectivity index (χ4v) is 1.50. The minimum Gasteiger partial charge on any atom is -0.445 e. The van der Waals surface area contributed by atoms with Gasteiger partial charge in [-0.25, -0.2) is 4.79 Å². The molecule has 1 heterocycles. The maximum absolute atomic E-state index is 11.4. The largest absolute Gasteiger partial charge is 0.445 e. The summed E-state index contributed by atoms with van der Waals surface area (Å²) in [4.78, 5) is 11.4. The Morgan fingerprint density at radius 3 is 2.89 bits per heavy atom. The van der Waals surface area contributed by atoms with Crippen molar-refractivity contribution >= 4 is 6.09 Å². The molecule has 0 saturated carbocycles. The molecule has 0 atom stereocenters. The number of aromatic nitrogens is 4. The Hall–Kier alpha value is -2.44. The van der Waals surface area contributed by atoms with Crippen LogP contribution in [-0.4, -0.2) is 33.3 Å². The molecule has 0 aliphatic heterocycles. The van der Waals surface area contributed by atoms with E-state index in [2.05, 4.69) is 25.9 Å². The predicted octanol–water partition coefficient (Wildman–Crippen LogP) is 1.06. The Morgan fingerprint density at radius 1 is 1.32 bits per heavy atom. The SMILES string of the molecule is O=C(NCCCc1nn[nH]n1)OCc1ccccc1. The molecule has 100 valence electrons. The lowest BCUT2D eigenvalue weighted by Crippen LogP contribution is -2.25. The highest BCUT2D eigenvalue weighted by molar-refractivity contribution is 5.67. The number of alkyl carbamates (subject to hydrolysis) is 1. The Bertz CT molecular complexity index is 486. The highest BCUT2D eigenvalue weighted by Gasteiger charge is 2.03. The third-order valence-corrected chi connectivity index (χ3v) is 2.45. The maximum Gasteiger partial charge on any atom is 0.407 e. The maximum atomic E-state index is 11.4.